The third kappa shape index (κ3) is 3.73. The summed E-state index contributed by atoms with van der Waals surface area (Å²) >= 11 is 0. The first-order valence-corrected chi connectivity index (χ1v) is 19.9. The van der Waals surface area contributed by atoms with Gasteiger partial charge in [-0.1, -0.05) is 172 Å². The Labute approximate surface area is 330 Å². The molecule has 0 atom stereocenters. The van der Waals surface area contributed by atoms with E-state index in [1.165, 1.54) is 83.1 Å². The average molecular weight is 726 g/mol. The van der Waals surface area contributed by atoms with Crippen molar-refractivity contribution in [2.75, 3.05) is 0 Å². The summed E-state index contributed by atoms with van der Waals surface area (Å²) in [5, 5.41) is 3.45. The van der Waals surface area contributed by atoms with Gasteiger partial charge in [0, 0.05) is 32.7 Å². The number of para-hydroxylation sites is 2. The molecule has 2 heterocycles. The highest BCUT2D eigenvalue weighted by atomic mass is 15.1. The molecule has 0 fully saturated rings. The Bertz CT molecular complexity index is 3350. The lowest BCUT2D eigenvalue weighted by Gasteiger charge is -2.30. The molecule has 0 bridgehead atoms. The predicted octanol–water partition coefficient (Wildman–Crippen LogP) is 13.0. The molecule has 0 amide bonds. The molecule has 10 aromatic rings. The molecular formula is C54H35N3. The molecule has 13 rings (SSSR count). The van der Waals surface area contributed by atoms with Crippen LogP contribution < -0.4 is 0 Å². The first-order valence-electron chi connectivity index (χ1n) is 19.9. The third-order valence-electron chi connectivity index (χ3n) is 13.4. The van der Waals surface area contributed by atoms with Crippen LogP contribution >= 0.6 is 0 Å². The summed E-state index contributed by atoms with van der Waals surface area (Å²) in [5.74, 6) is 1.63. The summed E-state index contributed by atoms with van der Waals surface area (Å²) in [7, 11) is 0. The summed E-state index contributed by atoms with van der Waals surface area (Å²) in [5.41, 5.74) is 19.4. The highest BCUT2D eigenvalue weighted by Crippen LogP contribution is 2.64. The minimum atomic E-state index is -0.446. The molecule has 0 aliphatic heterocycles. The normalized spacial score (nSPS) is 14.8. The zero-order valence-corrected chi connectivity index (χ0v) is 31.6. The number of rotatable bonds is 2. The Morgan fingerprint density at radius 3 is 1.67 bits per heavy atom. The average Bonchev–Trinajstić information content (AvgIpc) is 3.94. The molecule has 266 valence electrons. The highest BCUT2D eigenvalue weighted by Gasteiger charge is 2.52. The first-order chi connectivity index (χ1) is 28.1. The molecule has 3 heteroatoms. The Hall–Kier alpha value is -7.10. The molecule has 0 N–H and O–H groups in total. The van der Waals surface area contributed by atoms with Gasteiger partial charge in [-0.15, -0.1) is 0 Å². The molecule has 0 saturated carbocycles. The minimum absolute atomic E-state index is 0.129. The van der Waals surface area contributed by atoms with Gasteiger partial charge >= 0.3 is 0 Å². The highest BCUT2D eigenvalue weighted by molar-refractivity contribution is 6.17. The standard InChI is InChI=1S/C54H35N3/c1-53(2)40-23-9-5-19-36(40)48-39(22-15-27-44(48)53)51-55-46-28-13-7-21-38(46)52(56-51)57-47-29-14-8-18-34(47)35-30-31-45-49(50(35)57)37-20-6-12-26-43(37)54(45)41-24-10-3-16-32(41)33-17-4-11-25-42(33)54/h3-31H,1-2H3. The lowest BCUT2D eigenvalue weighted by atomic mass is 9.70. The van der Waals surface area contributed by atoms with E-state index in [0.29, 0.717) is 0 Å². The van der Waals surface area contributed by atoms with Crippen LogP contribution in [0.1, 0.15) is 47.2 Å². The van der Waals surface area contributed by atoms with Crippen molar-refractivity contribution in [3.63, 3.8) is 0 Å². The van der Waals surface area contributed by atoms with Crippen molar-refractivity contribution in [2.45, 2.75) is 24.7 Å². The van der Waals surface area contributed by atoms with Gasteiger partial charge in [-0.05, 0) is 79.4 Å². The summed E-state index contributed by atoms with van der Waals surface area (Å²) < 4.78 is 2.46. The van der Waals surface area contributed by atoms with Gasteiger partial charge in [0.25, 0.3) is 0 Å². The Balaban J connectivity index is 1.18. The predicted molar refractivity (Wildman–Crippen MR) is 233 cm³/mol. The molecule has 0 radical (unpaired) electrons. The number of aromatic nitrogens is 3. The fourth-order valence-corrected chi connectivity index (χ4v) is 11.1. The topological polar surface area (TPSA) is 30.7 Å². The number of fused-ring (bicyclic) bond motifs is 18. The van der Waals surface area contributed by atoms with Gasteiger partial charge in [0.15, 0.2) is 5.82 Å². The Kier molecular flexibility index (Phi) is 5.90. The third-order valence-corrected chi connectivity index (χ3v) is 13.4. The van der Waals surface area contributed by atoms with Crippen molar-refractivity contribution in [2.24, 2.45) is 0 Å². The maximum absolute atomic E-state index is 5.71. The van der Waals surface area contributed by atoms with Crippen molar-refractivity contribution >= 4 is 32.7 Å². The SMILES string of the molecule is CC1(C)c2ccccc2-c2c(-c3nc(-n4c5ccccc5c5ccc6c(c54)-c4ccccc4C64c5ccccc5-c5ccccc54)c4ccccc4n3)cccc21. The van der Waals surface area contributed by atoms with Crippen molar-refractivity contribution < 1.29 is 0 Å². The van der Waals surface area contributed by atoms with Crippen molar-refractivity contribution in [3.8, 4) is 50.6 Å². The monoisotopic (exact) mass is 725 g/mol. The molecule has 0 unspecified atom stereocenters. The van der Waals surface area contributed by atoms with Gasteiger partial charge < -0.3 is 0 Å². The smallest absolute Gasteiger partial charge is 0.162 e. The second kappa shape index (κ2) is 10.8. The van der Waals surface area contributed by atoms with Gasteiger partial charge in [0.05, 0.1) is 22.0 Å². The second-order valence-electron chi connectivity index (χ2n) is 16.4. The zero-order valence-electron chi connectivity index (χ0n) is 31.6. The van der Waals surface area contributed by atoms with Gasteiger partial charge in [0.2, 0.25) is 0 Å². The van der Waals surface area contributed by atoms with E-state index in [1.807, 2.05) is 0 Å². The van der Waals surface area contributed by atoms with Gasteiger partial charge in [-0.3, -0.25) is 4.57 Å². The van der Waals surface area contributed by atoms with Crippen LogP contribution in [0.3, 0.4) is 0 Å². The van der Waals surface area contributed by atoms with Gasteiger partial charge in [-0.2, -0.15) is 0 Å². The summed E-state index contributed by atoms with van der Waals surface area (Å²) in [4.78, 5) is 11.1. The van der Waals surface area contributed by atoms with Crippen LogP contribution in [0, 0.1) is 0 Å². The van der Waals surface area contributed by atoms with Crippen LogP contribution in [0.2, 0.25) is 0 Å². The molecule has 1 spiro atoms. The number of hydrogen-bond acceptors (Lipinski definition) is 2. The largest absolute Gasteiger partial charge is 0.293 e. The quantitative estimate of drug-likeness (QED) is 0.178. The maximum Gasteiger partial charge on any atom is 0.162 e. The molecule has 0 saturated heterocycles. The van der Waals surface area contributed by atoms with E-state index < -0.39 is 5.41 Å². The number of hydrogen-bond donors (Lipinski definition) is 0. The fourth-order valence-electron chi connectivity index (χ4n) is 11.1. The molecule has 2 aromatic heterocycles. The minimum Gasteiger partial charge on any atom is -0.293 e. The molecule has 8 aromatic carbocycles. The van der Waals surface area contributed by atoms with Crippen molar-refractivity contribution in [3.05, 3.63) is 209 Å². The zero-order chi connectivity index (χ0) is 37.6. The van der Waals surface area contributed by atoms with E-state index in [1.54, 1.807) is 0 Å². The van der Waals surface area contributed by atoms with E-state index in [0.717, 1.165) is 33.6 Å². The van der Waals surface area contributed by atoms with Crippen LogP contribution in [-0.4, -0.2) is 14.5 Å². The molecule has 57 heavy (non-hydrogen) atoms. The number of nitrogens with zero attached hydrogens (tertiary/aromatic N) is 3. The first kappa shape index (κ1) is 31.1. The summed E-state index contributed by atoms with van der Waals surface area (Å²) in [6.45, 7) is 4.66. The molecule has 3 aliphatic rings. The lowest BCUT2D eigenvalue weighted by Crippen LogP contribution is -2.25. The molecule has 3 aliphatic carbocycles. The number of benzene rings is 8. The molecule has 3 nitrogen and oxygen atoms in total. The summed E-state index contributed by atoms with van der Waals surface area (Å²) in [6.07, 6.45) is 0. The van der Waals surface area contributed by atoms with E-state index in [9.17, 15) is 0 Å². The van der Waals surface area contributed by atoms with Gasteiger partial charge in [-0.25, -0.2) is 9.97 Å². The molecular weight excluding hydrogens is 691 g/mol. The Morgan fingerprint density at radius 1 is 0.386 bits per heavy atom. The summed E-state index contributed by atoms with van der Waals surface area (Å²) in [6, 6.07) is 64.9. The van der Waals surface area contributed by atoms with E-state index in [-0.39, 0.29) is 5.41 Å². The second-order valence-corrected chi connectivity index (χ2v) is 16.4. The fraction of sp³-hybridized carbons (Fsp3) is 0.0741. The van der Waals surface area contributed by atoms with Crippen LogP contribution in [0.4, 0.5) is 0 Å². The lowest BCUT2D eigenvalue weighted by molar-refractivity contribution is 0.660. The maximum atomic E-state index is 5.71. The van der Waals surface area contributed by atoms with Crippen molar-refractivity contribution in [1.29, 1.82) is 0 Å². The van der Waals surface area contributed by atoms with Crippen LogP contribution in [0.5, 0.6) is 0 Å². The van der Waals surface area contributed by atoms with E-state index >= 15 is 0 Å². The van der Waals surface area contributed by atoms with Crippen LogP contribution in [0.15, 0.2) is 176 Å². The van der Waals surface area contributed by atoms with E-state index in [4.69, 9.17) is 9.97 Å². The van der Waals surface area contributed by atoms with Crippen LogP contribution in [0.25, 0.3) is 83.3 Å². The van der Waals surface area contributed by atoms with Crippen molar-refractivity contribution in [1.82, 2.24) is 14.5 Å². The van der Waals surface area contributed by atoms with E-state index in [2.05, 4.69) is 194 Å². The van der Waals surface area contributed by atoms with Gasteiger partial charge in [0.1, 0.15) is 5.82 Å². The Morgan fingerprint density at radius 2 is 0.930 bits per heavy atom. The van der Waals surface area contributed by atoms with Crippen LogP contribution in [-0.2, 0) is 10.8 Å².